The topological polar surface area (TPSA) is 0 Å². The molecular weight excluding hydrogens is 613 g/mol. The molecule has 0 radical (unpaired) electrons. The van der Waals surface area contributed by atoms with Gasteiger partial charge in [-0.25, -0.2) is 0 Å². The first-order chi connectivity index (χ1) is 25.0. The maximum atomic E-state index is 3.36. The van der Waals surface area contributed by atoms with Gasteiger partial charge in [0.25, 0.3) is 0 Å². The van der Waals surface area contributed by atoms with Crippen molar-refractivity contribution in [2.75, 3.05) is 0 Å². The van der Waals surface area contributed by atoms with Gasteiger partial charge in [-0.3, -0.25) is 0 Å². The second kappa shape index (κ2) is 14.5. The van der Waals surface area contributed by atoms with Crippen molar-refractivity contribution in [3.63, 3.8) is 0 Å². The van der Waals surface area contributed by atoms with Crippen LogP contribution in [0.25, 0.3) is 43.8 Å². The predicted octanol–water partition coefficient (Wildman–Crippen LogP) is 13.8. The van der Waals surface area contributed by atoms with E-state index in [9.17, 15) is 0 Å². The lowest BCUT2D eigenvalue weighted by atomic mass is 9.70. The van der Waals surface area contributed by atoms with Crippen LogP contribution in [0.4, 0.5) is 0 Å². The Balaban J connectivity index is 0.000000158. The van der Waals surface area contributed by atoms with E-state index in [-0.39, 0.29) is 5.41 Å². The standard InChI is InChI=1S/C30H20.C11H10.C7H8.C3H6/c1-19-14-16-24-28(18-19)30(27-17-15-20-8-2-3-9-21(20)29(24)27)25-12-6-4-10-22(25)23-11-5-7-13-26(23)30;1-9-5-4-7-10-6-2-3-8-11(9)10;1-7-5-3-2-4-6-7;1-3-2/h2-18H,1H3;2-8H,1H3;2-6H,1H3;3H,1H2,2H3. The molecule has 0 fully saturated rings. The fourth-order valence-electron chi connectivity index (χ4n) is 7.94. The Labute approximate surface area is 303 Å². The molecule has 0 nitrogen and oxygen atoms in total. The average molecular weight is 657 g/mol. The minimum absolute atomic E-state index is 0.242. The van der Waals surface area contributed by atoms with E-state index in [1.54, 1.807) is 6.08 Å². The summed E-state index contributed by atoms with van der Waals surface area (Å²) in [7, 11) is 0. The minimum Gasteiger partial charge on any atom is -0.103 e. The molecule has 10 rings (SSSR count). The molecule has 0 aliphatic heterocycles. The van der Waals surface area contributed by atoms with Crippen LogP contribution in [0, 0.1) is 20.8 Å². The summed E-state index contributed by atoms with van der Waals surface area (Å²) in [6, 6.07) is 63.6. The van der Waals surface area contributed by atoms with Gasteiger partial charge in [-0.15, -0.1) is 6.58 Å². The second-order valence-electron chi connectivity index (χ2n) is 13.5. The Morgan fingerprint density at radius 1 is 0.412 bits per heavy atom. The molecule has 8 aromatic rings. The van der Waals surface area contributed by atoms with Gasteiger partial charge in [0.15, 0.2) is 0 Å². The van der Waals surface area contributed by atoms with E-state index in [4.69, 9.17) is 0 Å². The van der Waals surface area contributed by atoms with Gasteiger partial charge >= 0.3 is 0 Å². The van der Waals surface area contributed by atoms with Gasteiger partial charge < -0.3 is 0 Å². The molecular formula is C51H44. The van der Waals surface area contributed by atoms with Crippen LogP contribution in [0.1, 0.15) is 45.9 Å². The Morgan fingerprint density at radius 3 is 1.55 bits per heavy atom. The van der Waals surface area contributed by atoms with Gasteiger partial charge in [0.05, 0.1) is 5.41 Å². The van der Waals surface area contributed by atoms with Crippen molar-refractivity contribution in [3.8, 4) is 22.3 Å². The van der Waals surface area contributed by atoms with Crippen LogP contribution in [0.5, 0.6) is 0 Å². The quantitative estimate of drug-likeness (QED) is 0.143. The number of allylic oxidation sites excluding steroid dienone is 1. The summed E-state index contributed by atoms with van der Waals surface area (Å²) in [4.78, 5) is 0. The van der Waals surface area contributed by atoms with Crippen LogP contribution in [0.3, 0.4) is 0 Å². The van der Waals surface area contributed by atoms with Gasteiger partial charge in [-0.05, 0) is 99.3 Å². The fourth-order valence-corrected chi connectivity index (χ4v) is 7.94. The Bertz CT molecular complexity index is 2430. The highest BCUT2D eigenvalue weighted by molar-refractivity contribution is 6.06. The minimum atomic E-state index is -0.242. The van der Waals surface area contributed by atoms with Crippen LogP contribution in [0.15, 0.2) is 189 Å². The molecule has 0 saturated heterocycles. The fraction of sp³-hybridized carbons (Fsp3) is 0.0980. The van der Waals surface area contributed by atoms with Crippen LogP contribution in [0.2, 0.25) is 0 Å². The van der Waals surface area contributed by atoms with E-state index in [0.29, 0.717) is 0 Å². The first kappa shape index (κ1) is 33.5. The van der Waals surface area contributed by atoms with Gasteiger partial charge in [0.1, 0.15) is 0 Å². The highest BCUT2D eigenvalue weighted by Gasteiger charge is 2.51. The van der Waals surface area contributed by atoms with E-state index in [2.05, 4.69) is 185 Å². The summed E-state index contributed by atoms with van der Waals surface area (Å²) in [5.74, 6) is 0. The van der Waals surface area contributed by atoms with Crippen molar-refractivity contribution in [3.05, 3.63) is 228 Å². The second-order valence-corrected chi connectivity index (χ2v) is 13.5. The maximum Gasteiger partial charge on any atom is 0.0725 e. The van der Waals surface area contributed by atoms with Crippen LogP contribution < -0.4 is 0 Å². The predicted molar refractivity (Wildman–Crippen MR) is 221 cm³/mol. The third kappa shape index (κ3) is 5.98. The highest BCUT2D eigenvalue weighted by Crippen LogP contribution is 2.63. The van der Waals surface area contributed by atoms with Crippen LogP contribution in [-0.2, 0) is 5.41 Å². The Hall–Kier alpha value is -5.98. The Morgan fingerprint density at radius 2 is 0.941 bits per heavy atom. The lowest BCUT2D eigenvalue weighted by Gasteiger charge is -2.30. The zero-order valence-electron chi connectivity index (χ0n) is 30.0. The molecule has 0 heteroatoms. The zero-order valence-corrected chi connectivity index (χ0v) is 30.0. The molecule has 2 aliphatic rings. The SMILES string of the molecule is C=CC.Cc1ccc2c(c1)C1(c3ccccc3-c3ccccc31)c1ccc3ccccc3c1-2.Cc1cccc2ccccc12.Cc1ccccc1. The summed E-state index contributed by atoms with van der Waals surface area (Å²) in [5, 5.41) is 5.33. The van der Waals surface area contributed by atoms with E-state index < -0.39 is 0 Å². The molecule has 248 valence electrons. The van der Waals surface area contributed by atoms with E-state index >= 15 is 0 Å². The number of hydrogen-bond acceptors (Lipinski definition) is 0. The zero-order chi connectivity index (χ0) is 35.4. The molecule has 0 unspecified atom stereocenters. The monoisotopic (exact) mass is 656 g/mol. The van der Waals surface area contributed by atoms with Gasteiger partial charge in [-0.1, -0.05) is 193 Å². The van der Waals surface area contributed by atoms with E-state index in [1.807, 2.05) is 25.1 Å². The van der Waals surface area contributed by atoms with Crippen molar-refractivity contribution in [2.24, 2.45) is 0 Å². The summed E-state index contributed by atoms with van der Waals surface area (Å²) < 4.78 is 0. The number of aryl methyl sites for hydroxylation is 3. The molecule has 0 heterocycles. The summed E-state index contributed by atoms with van der Waals surface area (Å²) in [5.41, 5.74) is 14.9. The summed E-state index contributed by atoms with van der Waals surface area (Å²) >= 11 is 0. The number of benzene rings is 8. The molecule has 0 bridgehead atoms. The smallest absolute Gasteiger partial charge is 0.0725 e. The van der Waals surface area contributed by atoms with Crippen molar-refractivity contribution in [1.29, 1.82) is 0 Å². The summed E-state index contributed by atoms with van der Waals surface area (Å²) in [6.07, 6.45) is 1.75. The normalized spacial score (nSPS) is 12.2. The van der Waals surface area contributed by atoms with Crippen molar-refractivity contribution in [2.45, 2.75) is 33.1 Å². The van der Waals surface area contributed by atoms with Gasteiger partial charge in [0.2, 0.25) is 0 Å². The van der Waals surface area contributed by atoms with Crippen molar-refractivity contribution < 1.29 is 0 Å². The lowest BCUT2D eigenvalue weighted by molar-refractivity contribution is 0.793. The van der Waals surface area contributed by atoms with Crippen molar-refractivity contribution in [1.82, 2.24) is 0 Å². The number of hydrogen-bond donors (Lipinski definition) is 0. The molecule has 8 aromatic carbocycles. The lowest BCUT2D eigenvalue weighted by Crippen LogP contribution is -2.25. The Kier molecular flexibility index (Phi) is 9.51. The van der Waals surface area contributed by atoms with Gasteiger partial charge in [0, 0.05) is 0 Å². The first-order valence-electron chi connectivity index (χ1n) is 17.8. The largest absolute Gasteiger partial charge is 0.103 e. The molecule has 0 atom stereocenters. The molecule has 0 aromatic heterocycles. The molecule has 0 N–H and O–H groups in total. The molecule has 1 spiro atoms. The summed E-state index contributed by atoms with van der Waals surface area (Å²) in [6.45, 7) is 11.7. The molecule has 51 heavy (non-hydrogen) atoms. The molecule has 2 aliphatic carbocycles. The van der Waals surface area contributed by atoms with Crippen LogP contribution in [-0.4, -0.2) is 0 Å². The average Bonchev–Trinajstić information content (AvgIpc) is 3.63. The van der Waals surface area contributed by atoms with Gasteiger partial charge in [-0.2, -0.15) is 0 Å². The van der Waals surface area contributed by atoms with Crippen LogP contribution >= 0.6 is 0 Å². The van der Waals surface area contributed by atoms with Crippen molar-refractivity contribution >= 4 is 21.5 Å². The van der Waals surface area contributed by atoms with E-state index in [1.165, 1.54) is 82.7 Å². The number of rotatable bonds is 0. The number of fused-ring (bicyclic) bond motifs is 13. The first-order valence-corrected chi connectivity index (χ1v) is 17.8. The molecule has 0 amide bonds. The third-order valence-corrected chi connectivity index (χ3v) is 10.1. The molecule has 0 saturated carbocycles. The third-order valence-electron chi connectivity index (χ3n) is 10.1. The highest BCUT2D eigenvalue weighted by atomic mass is 14.5. The maximum absolute atomic E-state index is 3.36. The van der Waals surface area contributed by atoms with E-state index in [0.717, 1.165) is 0 Å².